The molecule has 0 aromatic rings. The molecule has 0 bridgehead atoms. The molecule has 0 aromatic carbocycles. The summed E-state index contributed by atoms with van der Waals surface area (Å²) in [5.41, 5.74) is -2.62. The van der Waals surface area contributed by atoms with E-state index in [1.165, 1.54) is 17.4 Å². The average Bonchev–Trinajstić information content (AvgIpc) is 3.02. The lowest BCUT2D eigenvalue weighted by Crippen LogP contribution is -2.46. The van der Waals surface area contributed by atoms with E-state index in [4.69, 9.17) is 0 Å². The van der Waals surface area contributed by atoms with Crippen molar-refractivity contribution in [1.29, 1.82) is 0 Å². The SMILES string of the molecule is CC=N/C=C(\C=C\F)[C@@H]1CCN2CC(CC(F)(F)F)(C(F)F)C(=O)N12. The maximum Gasteiger partial charge on any atom is 0.390 e. The summed E-state index contributed by atoms with van der Waals surface area (Å²) in [6.45, 7) is 1.000. The van der Waals surface area contributed by atoms with Crippen LogP contribution in [0.2, 0.25) is 0 Å². The number of rotatable bonds is 5. The van der Waals surface area contributed by atoms with Crippen LogP contribution in [0, 0.1) is 5.41 Å². The van der Waals surface area contributed by atoms with Gasteiger partial charge in [0.25, 0.3) is 12.3 Å². The third-order valence-corrected chi connectivity index (χ3v) is 4.31. The Balaban J connectivity index is 2.38. The van der Waals surface area contributed by atoms with Gasteiger partial charge in [0.2, 0.25) is 0 Å². The molecule has 2 atom stereocenters. The van der Waals surface area contributed by atoms with Gasteiger partial charge < -0.3 is 0 Å². The van der Waals surface area contributed by atoms with Gasteiger partial charge in [-0.2, -0.15) is 13.2 Å². The number of aliphatic imine (C=N–C) groups is 1. The summed E-state index contributed by atoms with van der Waals surface area (Å²) >= 11 is 0. The molecule has 0 radical (unpaired) electrons. The number of hydrazine groups is 1. The molecule has 0 aliphatic carbocycles. The van der Waals surface area contributed by atoms with Crippen LogP contribution >= 0.6 is 0 Å². The first-order valence-electron chi connectivity index (χ1n) is 7.54. The molecule has 2 rings (SSSR count). The van der Waals surface area contributed by atoms with Gasteiger partial charge in [0.15, 0.2) is 0 Å². The summed E-state index contributed by atoms with van der Waals surface area (Å²) in [5.74, 6) is -1.29. The van der Waals surface area contributed by atoms with Gasteiger partial charge in [0.05, 0.1) is 18.8 Å². The Labute approximate surface area is 140 Å². The number of hydrogen-bond donors (Lipinski definition) is 0. The number of fused-ring (bicyclic) bond motifs is 1. The van der Waals surface area contributed by atoms with E-state index in [0.29, 0.717) is 0 Å². The van der Waals surface area contributed by atoms with Crippen LogP contribution in [0.3, 0.4) is 0 Å². The molecule has 4 nitrogen and oxygen atoms in total. The van der Waals surface area contributed by atoms with E-state index in [0.717, 1.165) is 11.1 Å². The first-order chi connectivity index (χ1) is 11.7. The Kier molecular flexibility index (Phi) is 5.60. The molecule has 25 heavy (non-hydrogen) atoms. The smallest absolute Gasteiger partial charge is 0.272 e. The van der Waals surface area contributed by atoms with Crippen LogP contribution in [0.4, 0.5) is 26.3 Å². The lowest BCUT2D eigenvalue weighted by molar-refractivity contribution is -0.183. The Morgan fingerprint density at radius 3 is 2.64 bits per heavy atom. The largest absolute Gasteiger partial charge is 0.390 e. The van der Waals surface area contributed by atoms with Gasteiger partial charge in [-0.3, -0.25) is 14.8 Å². The highest BCUT2D eigenvalue weighted by molar-refractivity contribution is 5.86. The molecule has 1 amide bonds. The predicted molar refractivity (Wildman–Crippen MR) is 78.4 cm³/mol. The van der Waals surface area contributed by atoms with Gasteiger partial charge >= 0.3 is 6.18 Å². The second kappa shape index (κ2) is 7.19. The summed E-state index contributed by atoms with van der Waals surface area (Å²) in [6.07, 6.45) is -6.12. The van der Waals surface area contributed by atoms with Crippen molar-refractivity contribution in [2.24, 2.45) is 10.4 Å². The summed E-state index contributed by atoms with van der Waals surface area (Å²) in [4.78, 5) is 16.4. The third kappa shape index (κ3) is 3.73. The van der Waals surface area contributed by atoms with Crippen LogP contribution in [0.5, 0.6) is 0 Å². The molecule has 0 N–H and O–H groups in total. The summed E-state index contributed by atoms with van der Waals surface area (Å²) in [5, 5.41) is 2.08. The first-order valence-corrected chi connectivity index (χ1v) is 7.54. The first kappa shape index (κ1) is 19.5. The molecule has 2 aliphatic rings. The lowest BCUT2D eigenvalue weighted by Gasteiger charge is -2.29. The quantitative estimate of drug-likeness (QED) is 0.423. The second-order valence-corrected chi connectivity index (χ2v) is 5.92. The minimum absolute atomic E-state index is 0.121. The van der Waals surface area contributed by atoms with Crippen molar-refractivity contribution in [3.63, 3.8) is 0 Å². The molecule has 140 valence electrons. The zero-order valence-corrected chi connectivity index (χ0v) is 13.3. The van der Waals surface area contributed by atoms with E-state index in [-0.39, 0.29) is 24.9 Å². The van der Waals surface area contributed by atoms with Crippen molar-refractivity contribution < 1.29 is 31.1 Å². The molecule has 0 saturated carbocycles. The molecule has 2 fully saturated rings. The number of alkyl halides is 5. The number of nitrogens with zero attached hydrogens (tertiary/aromatic N) is 3. The van der Waals surface area contributed by atoms with Crippen molar-refractivity contribution in [3.05, 3.63) is 24.2 Å². The van der Waals surface area contributed by atoms with Crippen LogP contribution in [0.1, 0.15) is 19.8 Å². The monoisotopic (exact) mass is 369 g/mol. The normalized spacial score (nSPS) is 29.0. The van der Waals surface area contributed by atoms with Crippen LogP contribution in [-0.2, 0) is 4.79 Å². The zero-order valence-electron chi connectivity index (χ0n) is 13.3. The number of carbonyl (C=O) groups is 1. The number of amides is 1. The van der Waals surface area contributed by atoms with E-state index in [2.05, 4.69) is 4.99 Å². The number of carbonyl (C=O) groups excluding carboxylic acids is 1. The van der Waals surface area contributed by atoms with E-state index < -0.39 is 42.9 Å². The topological polar surface area (TPSA) is 35.9 Å². The van der Waals surface area contributed by atoms with Crippen molar-refractivity contribution in [2.45, 2.75) is 38.4 Å². The minimum atomic E-state index is -4.91. The highest BCUT2D eigenvalue weighted by Gasteiger charge is 2.63. The highest BCUT2D eigenvalue weighted by Crippen LogP contribution is 2.47. The predicted octanol–water partition coefficient (Wildman–Crippen LogP) is 3.48. The Morgan fingerprint density at radius 1 is 1.44 bits per heavy atom. The molecule has 2 aliphatic heterocycles. The summed E-state index contributed by atoms with van der Waals surface area (Å²) in [6, 6.07) is -0.836. The Bertz CT molecular complexity index is 601. The fraction of sp³-hybridized carbons (Fsp3) is 0.600. The molecule has 0 spiro atoms. The van der Waals surface area contributed by atoms with E-state index in [9.17, 15) is 31.1 Å². The van der Waals surface area contributed by atoms with Gasteiger partial charge in [-0.05, 0) is 25.0 Å². The lowest BCUT2D eigenvalue weighted by atomic mass is 9.83. The van der Waals surface area contributed by atoms with Gasteiger partial charge in [-0.15, -0.1) is 0 Å². The van der Waals surface area contributed by atoms with Crippen molar-refractivity contribution in [3.8, 4) is 0 Å². The highest BCUT2D eigenvalue weighted by atomic mass is 19.4. The van der Waals surface area contributed by atoms with Gasteiger partial charge in [-0.25, -0.2) is 18.2 Å². The van der Waals surface area contributed by atoms with Crippen molar-refractivity contribution in [1.82, 2.24) is 10.0 Å². The van der Waals surface area contributed by atoms with Crippen LogP contribution in [0.25, 0.3) is 0 Å². The Morgan fingerprint density at radius 2 is 2.12 bits per heavy atom. The van der Waals surface area contributed by atoms with Crippen LogP contribution in [0.15, 0.2) is 29.2 Å². The van der Waals surface area contributed by atoms with Crippen molar-refractivity contribution >= 4 is 12.1 Å². The van der Waals surface area contributed by atoms with Crippen molar-refractivity contribution in [2.75, 3.05) is 13.1 Å². The molecule has 2 heterocycles. The molecule has 2 saturated heterocycles. The fourth-order valence-electron chi connectivity index (χ4n) is 3.26. The molecular formula is C15H17F6N3O. The zero-order chi connectivity index (χ0) is 18.8. The van der Waals surface area contributed by atoms with Gasteiger partial charge in [-0.1, -0.05) is 0 Å². The third-order valence-electron chi connectivity index (χ3n) is 4.31. The minimum Gasteiger partial charge on any atom is -0.272 e. The maximum atomic E-state index is 13.5. The standard InChI is InChI=1S/C15H17F6N3O/c1-2-22-7-10(3-5-16)11-4-6-23-9-14(12(17)18,8-15(19,20)21)13(25)24(11)23/h2-3,5,7,11-12H,4,6,8-9H2,1H3/b5-3+,10-7+,22-2?/t11-,14?/m0/s1. The van der Waals surface area contributed by atoms with Crippen LogP contribution < -0.4 is 0 Å². The summed E-state index contributed by atoms with van der Waals surface area (Å²) < 4.78 is 77.9. The second-order valence-electron chi connectivity index (χ2n) is 5.92. The maximum absolute atomic E-state index is 13.5. The Hall–Kier alpha value is -1.84. The summed E-state index contributed by atoms with van der Waals surface area (Å²) in [7, 11) is 0. The fourth-order valence-corrected chi connectivity index (χ4v) is 3.26. The number of halogens is 6. The molecule has 1 unspecified atom stereocenters. The van der Waals surface area contributed by atoms with E-state index >= 15 is 0 Å². The van der Waals surface area contributed by atoms with Crippen LogP contribution in [-0.4, -0.2) is 53.9 Å². The van der Waals surface area contributed by atoms with E-state index in [1.54, 1.807) is 6.92 Å². The molecule has 10 heteroatoms. The molecular weight excluding hydrogens is 352 g/mol. The number of hydrogen-bond acceptors (Lipinski definition) is 3. The van der Waals surface area contributed by atoms with E-state index in [1.807, 2.05) is 0 Å². The van der Waals surface area contributed by atoms with Gasteiger partial charge in [0, 0.05) is 25.5 Å². The molecule has 0 aromatic heterocycles. The average molecular weight is 369 g/mol. The van der Waals surface area contributed by atoms with Gasteiger partial charge in [0.1, 0.15) is 5.41 Å².